The third kappa shape index (κ3) is 4.85. The Hall–Kier alpha value is -2.87. The zero-order chi connectivity index (χ0) is 19.2. The first kappa shape index (κ1) is 18.9. The van der Waals surface area contributed by atoms with E-state index in [-0.39, 0.29) is 17.5 Å². The summed E-state index contributed by atoms with van der Waals surface area (Å²) in [6.07, 6.45) is 4.41. The zero-order valence-electron chi connectivity index (χ0n) is 14.9. The molecule has 0 aliphatic rings. The highest BCUT2D eigenvalue weighted by atomic mass is 32.2. The van der Waals surface area contributed by atoms with Crippen LogP contribution in [0.3, 0.4) is 0 Å². The van der Waals surface area contributed by atoms with Crippen LogP contribution in [-0.4, -0.2) is 31.0 Å². The Kier molecular flexibility index (Phi) is 6.08. The van der Waals surface area contributed by atoms with Gasteiger partial charge in [-0.3, -0.25) is 4.79 Å². The first-order chi connectivity index (χ1) is 13.1. The molecule has 27 heavy (non-hydrogen) atoms. The predicted octanol–water partition coefficient (Wildman–Crippen LogP) is 3.26. The highest BCUT2D eigenvalue weighted by Crippen LogP contribution is 2.20. The number of hydrogen-bond donors (Lipinski definition) is 1. The molecular formula is C19H20FN5OS. The monoisotopic (exact) mass is 385 g/mol. The SMILES string of the molecule is C=CCn1c(Cc2cccn2C)nnc1SCC(=O)Nc1ccc(F)cc1. The summed E-state index contributed by atoms with van der Waals surface area (Å²) < 4.78 is 16.9. The van der Waals surface area contributed by atoms with Crippen LogP contribution in [0.25, 0.3) is 0 Å². The van der Waals surface area contributed by atoms with Crippen LogP contribution in [0, 0.1) is 5.82 Å². The van der Waals surface area contributed by atoms with Gasteiger partial charge in [0.1, 0.15) is 11.6 Å². The van der Waals surface area contributed by atoms with Gasteiger partial charge in [0, 0.05) is 37.6 Å². The van der Waals surface area contributed by atoms with E-state index in [0.29, 0.717) is 23.8 Å². The van der Waals surface area contributed by atoms with Crippen LogP contribution < -0.4 is 5.32 Å². The minimum absolute atomic E-state index is 0.177. The number of aryl methyl sites for hydroxylation is 1. The van der Waals surface area contributed by atoms with Gasteiger partial charge in [-0.25, -0.2) is 4.39 Å². The molecule has 140 valence electrons. The summed E-state index contributed by atoms with van der Waals surface area (Å²) >= 11 is 1.30. The van der Waals surface area contributed by atoms with E-state index in [9.17, 15) is 9.18 Å². The summed E-state index contributed by atoms with van der Waals surface area (Å²) in [6, 6.07) is 9.68. The standard InChI is InChI=1S/C19H20FN5OS/c1-3-10-25-17(12-16-5-4-11-24(16)2)22-23-19(25)27-13-18(26)21-15-8-6-14(20)7-9-15/h3-9,11H,1,10,12-13H2,2H3,(H,21,26). The molecular weight excluding hydrogens is 365 g/mol. The van der Waals surface area contributed by atoms with Crippen molar-refractivity contribution in [1.29, 1.82) is 0 Å². The number of rotatable bonds is 8. The molecule has 8 heteroatoms. The Bertz CT molecular complexity index is 932. The van der Waals surface area contributed by atoms with Gasteiger partial charge in [0.05, 0.1) is 5.75 Å². The second-order valence-electron chi connectivity index (χ2n) is 5.93. The second-order valence-corrected chi connectivity index (χ2v) is 6.87. The van der Waals surface area contributed by atoms with Crippen molar-refractivity contribution in [2.75, 3.05) is 11.1 Å². The summed E-state index contributed by atoms with van der Waals surface area (Å²) in [7, 11) is 1.99. The normalized spacial score (nSPS) is 10.7. The Labute approximate surface area is 161 Å². The first-order valence-electron chi connectivity index (χ1n) is 8.38. The molecule has 0 unspecified atom stereocenters. The van der Waals surface area contributed by atoms with E-state index in [1.807, 2.05) is 34.5 Å². The molecule has 1 amide bonds. The summed E-state index contributed by atoms with van der Waals surface area (Å²) in [5.41, 5.74) is 1.68. The smallest absolute Gasteiger partial charge is 0.234 e. The van der Waals surface area contributed by atoms with E-state index in [4.69, 9.17) is 0 Å². The number of carbonyl (C=O) groups excluding carboxylic acids is 1. The van der Waals surface area contributed by atoms with Gasteiger partial charge in [-0.2, -0.15) is 0 Å². The molecule has 0 radical (unpaired) electrons. The van der Waals surface area contributed by atoms with Crippen molar-refractivity contribution < 1.29 is 9.18 Å². The fourth-order valence-electron chi connectivity index (χ4n) is 2.57. The summed E-state index contributed by atoms with van der Waals surface area (Å²) in [4.78, 5) is 12.1. The van der Waals surface area contributed by atoms with Crippen LogP contribution in [0.15, 0.2) is 60.4 Å². The molecule has 3 rings (SSSR count). The fraction of sp³-hybridized carbons (Fsp3) is 0.211. The van der Waals surface area contributed by atoms with E-state index in [1.54, 1.807) is 6.08 Å². The van der Waals surface area contributed by atoms with Crippen LogP contribution in [-0.2, 0) is 24.8 Å². The minimum Gasteiger partial charge on any atom is -0.354 e. The average Bonchev–Trinajstić information content (AvgIpc) is 3.23. The Morgan fingerprint density at radius 1 is 1.30 bits per heavy atom. The van der Waals surface area contributed by atoms with Crippen LogP contribution >= 0.6 is 11.8 Å². The largest absolute Gasteiger partial charge is 0.354 e. The number of nitrogens with one attached hydrogen (secondary N) is 1. The number of nitrogens with zero attached hydrogens (tertiary/aromatic N) is 4. The fourth-order valence-corrected chi connectivity index (χ4v) is 3.34. The van der Waals surface area contributed by atoms with Crippen molar-refractivity contribution in [1.82, 2.24) is 19.3 Å². The molecule has 1 aromatic carbocycles. The lowest BCUT2D eigenvalue weighted by molar-refractivity contribution is -0.113. The molecule has 2 heterocycles. The number of anilines is 1. The van der Waals surface area contributed by atoms with Crippen LogP contribution in [0.1, 0.15) is 11.5 Å². The van der Waals surface area contributed by atoms with Crippen LogP contribution in [0.2, 0.25) is 0 Å². The van der Waals surface area contributed by atoms with Gasteiger partial charge in [-0.15, -0.1) is 16.8 Å². The number of amides is 1. The molecule has 0 aliphatic carbocycles. The summed E-state index contributed by atoms with van der Waals surface area (Å²) in [5.74, 6) is 0.462. The molecule has 0 atom stereocenters. The van der Waals surface area contributed by atoms with E-state index in [2.05, 4.69) is 22.1 Å². The molecule has 1 N–H and O–H groups in total. The lowest BCUT2D eigenvalue weighted by atomic mass is 10.3. The number of carbonyl (C=O) groups is 1. The Balaban J connectivity index is 1.65. The van der Waals surface area contributed by atoms with Crippen molar-refractivity contribution in [3.8, 4) is 0 Å². The van der Waals surface area contributed by atoms with Gasteiger partial charge in [0.2, 0.25) is 5.91 Å². The van der Waals surface area contributed by atoms with Gasteiger partial charge in [0.15, 0.2) is 5.16 Å². The number of benzene rings is 1. The average molecular weight is 385 g/mol. The molecule has 0 saturated heterocycles. The highest BCUT2D eigenvalue weighted by Gasteiger charge is 2.15. The predicted molar refractivity (Wildman–Crippen MR) is 104 cm³/mol. The van der Waals surface area contributed by atoms with E-state index >= 15 is 0 Å². The van der Waals surface area contributed by atoms with Gasteiger partial charge < -0.3 is 14.5 Å². The molecule has 0 bridgehead atoms. The van der Waals surface area contributed by atoms with Crippen molar-refractivity contribution in [2.24, 2.45) is 7.05 Å². The maximum Gasteiger partial charge on any atom is 0.234 e. The molecule has 2 aromatic heterocycles. The van der Waals surface area contributed by atoms with E-state index < -0.39 is 0 Å². The molecule has 3 aromatic rings. The third-order valence-electron chi connectivity index (χ3n) is 3.96. The first-order valence-corrected chi connectivity index (χ1v) is 9.37. The number of allylic oxidation sites excluding steroid dienone is 1. The molecule has 0 spiro atoms. The van der Waals surface area contributed by atoms with Crippen molar-refractivity contribution >= 4 is 23.4 Å². The van der Waals surface area contributed by atoms with Crippen molar-refractivity contribution in [3.63, 3.8) is 0 Å². The van der Waals surface area contributed by atoms with Gasteiger partial charge in [-0.05, 0) is 36.4 Å². The second kappa shape index (κ2) is 8.68. The summed E-state index contributed by atoms with van der Waals surface area (Å²) in [6.45, 7) is 4.35. The van der Waals surface area contributed by atoms with Gasteiger partial charge in [-0.1, -0.05) is 17.8 Å². The van der Waals surface area contributed by atoms with Crippen molar-refractivity contribution in [2.45, 2.75) is 18.1 Å². The van der Waals surface area contributed by atoms with Gasteiger partial charge >= 0.3 is 0 Å². The maximum absolute atomic E-state index is 12.9. The lowest BCUT2D eigenvalue weighted by Crippen LogP contribution is -2.15. The van der Waals surface area contributed by atoms with Crippen molar-refractivity contribution in [3.05, 3.63) is 72.6 Å². The third-order valence-corrected chi connectivity index (χ3v) is 4.92. The van der Waals surface area contributed by atoms with Crippen LogP contribution in [0.4, 0.5) is 10.1 Å². The number of hydrogen-bond acceptors (Lipinski definition) is 4. The Morgan fingerprint density at radius 3 is 2.74 bits per heavy atom. The maximum atomic E-state index is 12.9. The summed E-state index contributed by atoms with van der Waals surface area (Å²) in [5, 5.41) is 11.9. The lowest BCUT2D eigenvalue weighted by Gasteiger charge is -2.09. The Morgan fingerprint density at radius 2 is 2.07 bits per heavy atom. The molecule has 0 fully saturated rings. The topological polar surface area (TPSA) is 64.7 Å². The molecule has 0 saturated carbocycles. The molecule has 0 aliphatic heterocycles. The number of aromatic nitrogens is 4. The van der Waals surface area contributed by atoms with Gasteiger partial charge in [0.25, 0.3) is 0 Å². The van der Waals surface area contributed by atoms with E-state index in [0.717, 1.165) is 11.5 Å². The quantitative estimate of drug-likeness (QED) is 0.477. The molecule has 6 nitrogen and oxygen atoms in total. The highest BCUT2D eigenvalue weighted by molar-refractivity contribution is 7.99. The zero-order valence-corrected chi connectivity index (χ0v) is 15.7. The number of thioether (sulfide) groups is 1. The minimum atomic E-state index is -0.342. The van der Waals surface area contributed by atoms with E-state index in [1.165, 1.54) is 36.0 Å². The number of halogens is 1. The van der Waals surface area contributed by atoms with Crippen LogP contribution in [0.5, 0.6) is 0 Å².